The topological polar surface area (TPSA) is 20.2 Å². The summed E-state index contributed by atoms with van der Waals surface area (Å²) in [4.78, 5) is 0. The van der Waals surface area contributed by atoms with Gasteiger partial charge in [0, 0.05) is 6.42 Å². The molecule has 0 saturated heterocycles. The average Bonchev–Trinajstić information content (AvgIpc) is 2.21. The number of aliphatic hydroxyl groups is 1. The lowest BCUT2D eigenvalue weighted by atomic mass is 9.91. The van der Waals surface area contributed by atoms with Crippen LogP contribution in [0.15, 0.2) is 24.3 Å². The van der Waals surface area contributed by atoms with Gasteiger partial charge in [-0.1, -0.05) is 44.4 Å². The maximum absolute atomic E-state index is 13.4. The van der Waals surface area contributed by atoms with Crippen LogP contribution in [0.3, 0.4) is 0 Å². The predicted octanol–water partition coefficient (Wildman–Crippen LogP) is 3.70. The number of hydrogen-bond acceptors (Lipinski definition) is 1. The molecule has 1 rings (SSSR count). The van der Waals surface area contributed by atoms with Crippen molar-refractivity contribution in [3.05, 3.63) is 35.6 Å². The van der Waals surface area contributed by atoms with E-state index in [0.717, 1.165) is 25.7 Å². The van der Waals surface area contributed by atoms with Crippen LogP contribution in [0, 0.1) is 5.82 Å². The van der Waals surface area contributed by atoms with Crippen molar-refractivity contribution in [2.24, 2.45) is 0 Å². The van der Waals surface area contributed by atoms with Gasteiger partial charge in [0.1, 0.15) is 5.82 Å². The van der Waals surface area contributed by atoms with Gasteiger partial charge in [-0.2, -0.15) is 0 Å². The molecule has 90 valence electrons. The summed E-state index contributed by atoms with van der Waals surface area (Å²) in [5.74, 6) is -0.224. The van der Waals surface area contributed by atoms with E-state index in [-0.39, 0.29) is 5.82 Å². The molecule has 0 amide bonds. The third-order valence-corrected chi connectivity index (χ3v) is 2.85. The smallest absolute Gasteiger partial charge is 0.126 e. The third-order valence-electron chi connectivity index (χ3n) is 2.85. The molecule has 0 spiro atoms. The van der Waals surface area contributed by atoms with Crippen LogP contribution < -0.4 is 0 Å². The summed E-state index contributed by atoms with van der Waals surface area (Å²) in [6, 6.07) is 6.66. The predicted molar refractivity (Wildman–Crippen MR) is 64.9 cm³/mol. The Kier molecular flexibility index (Phi) is 4.94. The van der Waals surface area contributed by atoms with Crippen molar-refractivity contribution in [1.82, 2.24) is 0 Å². The first-order valence-corrected chi connectivity index (χ1v) is 6.01. The maximum atomic E-state index is 13.4. The van der Waals surface area contributed by atoms with Gasteiger partial charge in [0.05, 0.1) is 5.60 Å². The van der Waals surface area contributed by atoms with E-state index in [4.69, 9.17) is 0 Å². The zero-order valence-electron chi connectivity index (χ0n) is 10.2. The van der Waals surface area contributed by atoms with Crippen LogP contribution in [0.1, 0.15) is 45.1 Å². The van der Waals surface area contributed by atoms with Gasteiger partial charge in [-0.25, -0.2) is 4.39 Å². The molecule has 16 heavy (non-hydrogen) atoms. The fourth-order valence-electron chi connectivity index (χ4n) is 1.90. The van der Waals surface area contributed by atoms with Gasteiger partial charge in [-0.05, 0) is 25.0 Å². The second-order valence-corrected chi connectivity index (χ2v) is 4.72. The number of hydrogen-bond donors (Lipinski definition) is 1. The van der Waals surface area contributed by atoms with Crippen LogP contribution in [-0.2, 0) is 6.42 Å². The van der Waals surface area contributed by atoms with Crippen molar-refractivity contribution in [3.8, 4) is 0 Å². The van der Waals surface area contributed by atoms with Gasteiger partial charge >= 0.3 is 0 Å². The van der Waals surface area contributed by atoms with Crippen molar-refractivity contribution in [1.29, 1.82) is 0 Å². The molecule has 0 aliphatic carbocycles. The van der Waals surface area contributed by atoms with E-state index in [2.05, 4.69) is 6.92 Å². The Morgan fingerprint density at radius 3 is 2.56 bits per heavy atom. The SMILES string of the molecule is CCCCCC(C)(O)Cc1ccccc1F. The zero-order valence-corrected chi connectivity index (χ0v) is 10.2. The molecular weight excluding hydrogens is 203 g/mol. The Balaban J connectivity index is 2.55. The first-order chi connectivity index (χ1) is 7.55. The minimum atomic E-state index is -0.794. The van der Waals surface area contributed by atoms with E-state index in [0.29, 0.717) is 12.0 Å². The highest BCUT2D eigenvalue weighted by atomic mass is 19.1. The van der Waals surface area contributed by atoms with Crippen molar-refractivity contribution in [2.45, 2.75) is 51.6 Å². The highest BCUT2D eigenvalue weighted by Gasteiger charge is 2.21. The van der Waals surface area contributed by atoms with Crippen molar-refractivity contribution in [3.63, 3.8) is 0 Å². The van der Waals surface area contributed by atoms with Crippen molar-refractivity contribution < 1.29 is 9.50 Å². The van der Waals surface area contributed by atoms with E-state index in [9.17, 15) is 9.50 Å². The maximum Gasteiger partial charge on any atom is 0.126 e. The van der Waals surface area contributed by atoms with Crippen LogP contribution in [0.25, 0.3) is 0 Å². The highest BCUT2D eigenvalue weighted by Crippen LogP contribution is 2.21. The van der Waals surface area contributed by atoms with E-state index >= 15 is 0 Å². The highest BCUT2D eigenvalue weighted by molar-refractivity contribution is 5.19. The second-order valence-electron chi connectivity index (χ2n) is 4.72. The van der Waals surface area contributed by atoms with Crippen LogP contribution in [0.2, 0.25) is 0 Å². The lowest BCUT2D eigenvalue weighted by Gasteiger charge is -2.23. The Labute approximate surface area is 97.3 Å². The Bertz CT molecular complexity index is 320. The molecule has 1 nitrogen and oxygen atoms in total. The second kappa shape index (κ2) is 6.00. The van der Waals surface area contributed by atoms with E-state index in [1.807, 2.05) is 0 Å². The summed E-state index contributed by atoms with van der Waals surface area (Å²) in [6.45, 7) is 3.92. The largest absolute Gasteiger partial charge is 0.390 e. The molecule has 0 heterocycles. The summed E-state index contributed by atoms with van der Waals surface area (Å²) >= 11 is 0. The molecule has 0 aliphatic rings. The Morgan fingerprint density at radius 1 is 1.25 bits per heavy atom. The number of benzene rings is 1. The molecule has 0 bridgehead atoms. The molecule has 1 N–H and O–H groups in total. The molecule has 2 heteroatoms. The summed E-state index contributed by atoms with van der Waals surface area (Å²) in [6.07, 6.45) is 4.37. The van der Waals surface area contributed by atoms with Gasteiger partial charge in [-0.3, -0.25) is 0 Å². The standard InChI is InChI=1S/C14H21FO/c1-3-4-7-10-14(2,16)11-12-8-5-6-9-13(12)15/h5-6,8-9,16H,3-4,7,10-11H2,1-2H3. The number of unbranched alkanes of at least 4 members (excludes halogenated alkanes) is 2. The van der Waals surface area contributed by atoms with Gasteiger partial charge in [-0.15, -0.1) is 0 Å². The van der Waals surface area contributed by atoms with Gasteiger partial charge in [0.25, 0.3) is 0 Å². The quantitative estimate of drug-likeness (QED) is 0.730. The molecule has 0 fully saturated rings. The molecule has 1 unspecified atom stereocenters. The van der Waals surface area contributed by atoms with Crippen molar-refractivity contribution >= 4 is 0 Å². The summed E-state index contributed by atoms with van der Waals surface area (Å²) < 4.78 is 13.4. The molecule has 0 aromatic heterocycles. The van der Waals surface area contributed by atoms with E-state index in [1.165, 1.54) is 6.07 Å². The molecule has 0 saturated carbocycles. The van der Waals surface area contributed by atoms with E-state index in [1.54, 1.807) is 25.1 Å². The third kappa shape index (κ3) is 4.31. The first kappa shape index (κ1) is 13.2. The fourth-order valence-corrected chi connectivity index (χ4v) is 1.90. The van der Waals surface area contributed by atoms with Crippen LogP contribution in [0.4, 0.5) is 4.39 Å². The molecule has 1 aromatic carbocycles. The average molecular weight is 224 g/mol. The minimum absolute atomic E-state index is 0.224. The van der Waals surface area contributed by atoms with Crippen LogP contribution in [-0.4, -0.2) is 10.7 Å². The van der Waals surface area contributed by atoms with E-state index < -0.39 is 5.60 Å². The zero-order chi connectivity index (χ0) is 12.0. The fraction of sp³-hybridized carbons (Fsp3) is 0.571. The van der Waals surface area contributed by atoms with Crippen LogP contribution in [0.5, 0.6) is 0 Å². The van der Waals surface area contributed by atoms with Gasteiger partial charge < -0.3 is 5.11 Å². The Morgan fingerprint density at radius 2 is 1.94 bits per heavy atom. The molecule has 0 radical (unpaired) electrons. The Hall–Kier alpha value is -0.890. The number of rotatable bonds is 6. The first-order valence-electron chi connectivity index (χ1n) is 6.01. The lowest BCUT2D eigenvalue weighted by molar-refractivity contribution is 0.0477. The van der Waals surface area contributed by atoms with Gasteiger partial charge in [0.15, 0.2) is 0 Å². The monoisotopic (exact) mass is 224 g/mol. The molecule has 1 atom stereocenters. The summed E-state index contributed by atoms with van der Waals surface area (Å²) in [5.41, 5.74) is -0.193. The van der Waals surface area contributed by atoms with Crippen molar-refractivity contribution in [2.75, 3.05) is 0 Å². The van der Waals surface area contributed by atoms with Gasteiger partial charge in [0.2, 0.25) is 0 Å². The number of halogens is 1. The lowest BCUT2D eigenvalue weighted by Crippen LogP contribution is -2.27. The normalized spacial score (nSPS) is 14.8. The molecule has 1 aromatic rings. The summed E-state index contributed by atoms with van der Waals surface area (Å²) in [7, 11) is 0. The van der Waals surface area contributed by atoms with Crippen LogP contribution >= 0.6 is 0 Å². The molecule has 0 aliphatic heterocycles. The summed E-state index contributed by atoms with van der Waals surface area (Å²) in [5, 5.41) is 10.2. The molecular formula is C14H21FO. The minimum Gasteiger partial charge on any atom is -0.390 e.